The smallest absolute Gasteiger partial charge is 0.326 e. The van der Waals surface area contributed by atoms with Crippen LogP contribution in [0.4, 0.5) is 0 Å². The van der Waals surface area contributed by atoms with Gasteiger partial charge in [0.15, 0.2) is 0 Å². The van der Waals surface area contributed by atoms with Crippen LogP contribution in [0.25, 0.3) is 0 Å². The predicted octanol–water partition coefficient (Wildman–Crippen LogP) is -2.15. The molecule has 0 spiro atoms. The zero-order valence-corrected chi connectivity index (χ0v) is 19.3. The largest absolute Gasteiger partial charge is 0.481 e. The van der Waals surface area contributed by atoms with Crippen LogP contribution in [0.1, 0.15) is 44.2 Å². The Morgan fingerprint density at radius 3 is 2.34 bits per heavy atom. The summed E-state index contributed by atoms with van der Waals surface area (Å²) in [6.45, 7) is 1.03. The number of aliphatic carboxylic acids is 2. The summed E-state index contributed by atoms with van der Waals surface area (Å²) in [6.07, 6.45) is 4.63. The first-order chi connectivity index (χ1) is 16.7. The average molecular weight is 496 g/mol. The van der Waals surface area contributed by atoms with Crippen molar-refractivity contribution in [2.75, 3.05) is 13.1 Å². The van der Waals surface area contributed by atoms with E-state index in [0.29, 0.717) is 38.0 Å². The lowest BCUT2D eigenvalue weighted by molar-refractivity contribution is -0.143. The van der Waals surface area contributed by atoms with Crippen molar-refractivity contribution in [3.63, 3.8) is 0 Å². The molecule has 9 N–H and O–H groups in total. The minimum atomic E-state index is -1.55. The summed E-state index contributed by atoms with van der Waals surface area (Å²) < 4.78 is 0. The third-order valence-electron chi connectivity index (χ3n) is 5.56. The molecule has 194 valence electrons. The highest BCUT2D eigenvalue weighted by Crippen LogP contribution is 2.08. The first-order valence-corrected chi connectivity index (χ1v) is 11.5. The zero-order valence-electron chi connectivity index (χ0n) is 19.3. The molecule has 0 aliphatic carbocycles. The number of H-pyrrole nitrogens is 1. The monoisotopic (exact) mass is 495 g/mol. The number of nitrogens with one attached hydrogen (secondary N) is 5. The quantitative estimate of drug-likeness (QED) is 0.123. The number of hydrogen-bond donors (Lipinski definition) is 8. The number of rotatable bonds is 15. The van der Waals surface area contributed by atoms with Crippen LogP contribution in [0.2, 0.25) is 0 Å². The summed E-state index contributed by atoms with van der Waals surface area (Å²) >= 11 is 0. The van der Waals surface area contributed by atoms with Crippen molar-refractivity contribution in [1.29, 1.82) is 0 Å². The van der Waals surface area contributed by atoms with Gasteiger partial charge in [0.05, 0.1) is 18.8 Å². The molecular weight excluding hydrogens is 462 g/mol. The molecule has 0 saturated carbocycles. The molecule has 2 rings (SSSR count). The number of nitrogens with two attached hydrogens (primary N) is 1. The van der Waals surface area contributed by atoms with E-state index in [0.717, 1.165) is 6.42 Å². The number of unbranched alkanes of at least 4 members (excludes halogenated alkanes) is 1. The predicted molar refractivity (Wildman–Crippen MR) is 122 cm³/mol. The summed E-state index contributed by atoms with van der Waals surface area (Å²) in [6, 6.07) is -4.41. The van der Waals surface area contributed by atoms with Crippen LogP contribution in [0, 0.1) is 0 Å². The molecule has 1 aromatic rings. The number of carbonyl (C=O) groups is 5. The molecule has 0 aromatic carbocycles. The molecule has 1 fully saturated rings. The van der Waals surface area contributed by atoms with Crippen LogP contribution in [0.3, 0.4) is 0 Å². The average Bonchev–Trinajstić information content (AvgIpc) is 3.51. The second-order valence-electron chi connectivity index (χ2n) is 8.33. The van der Waals surface area contributed by atoms with Crippen molar-refractivity contribution >= 4 is 29.7 Å². The molecule has 3 amide bonds. The molecule has 14 nitrogen and oxygen atoms in total. The van der Waals surface area contributed by atoms with Gasteiger partial charge in [-0.1, -0.05) is 0 Å². The zero-order chi connectivity index (χ0) is 25.8. The number of aromatic amines is 1. The van der Waals surface area contributed by atoms with Crippen molar-refractivity contribution in [2.45, 2.75) is 69.1 Å². The normalized spacial score (nSPS) is 17.7. The van der Waals surface area contributed by atoms with Crippen LogP contribution in [0.5, 0.6) is 0 Å². The second kappa shape index (κ2) is 14.0. The Kier molecular flexibility index (Phi) is 11.1. The molecule has 14 heteroatoms. The Labute approximate surface area is 201 Å². The molecular formula is C21H33N7O7. The fourth-order valence-electron chi connectivity index (χ4n) is 3.68. The van der Waals surface area contributed by atoms with Gasteiger partial charge in [0, 0.05) is 18.3 Å². The lowest BCUT2D eigenvalue weighted by atomic mass is 10.1. The van der Waals surface area contributed by atoms with Gasteiger partial charge in [-0.15, -0.1) is 0 Å². The number of imidazole rings is 1. The van der Waals surface area contributed by atoms with Gasteiger partial charge in [0.25, 0.3) is 0 Å². The fraction of sp³-hybridized carbons (Fsp3) is 0.619. The summed E-state index contributed by atoms with van der Waals surface area (Å²) in [5, 5.41) is 28.9. The highest BCUT2D eigenvalue weighted by molar-refractivity contribution is 5.95. The van der Waals surface area contributed by atoms with Gasteiger partial charge >= 0.3 is 11.9 Å². The maximum absolute atomic E-state index is 13.1. The fourth-order valence-corrected chi connectivity index (χ4v) is 3.68. The van der Waals surface area contributed by atoms with Gasteiger partial charge in [0.1, 0.15) is 18.1 Å². The van der Waals surface area contributed by atoms with Crippen LogP contribution in [-0.2, 0) is 30.4 Å². The molecule has 2 heterocycles. The highest BCUT2D eigenvalue weighted by atomic mass is 16.4. The lowest BCUT2D eigenvalue weighted by Crippen LogP contribution is -2.58. The Morgan fingerprint density at radius 2 is 1.77 bits per heavy atom. The topological polar surface area (TPSA) is 229 Å². The molecule has 1 aliphatic heterocycles. The van der Waals surface area contributed by atoms with Gasteiger partial charge in [-0.3, -0.25) is 19.2 Å². The van der Waals surface area contributed by atoms with Crippen LogP contribution >= 0.6 is 0 Å². The molecule has 1 aliphatic rings. The minimum Gasteiger partial charge on any atom is -0.481 e. The van der Waals surface area contributed by atoms with E-state index in [1.54, 1.807) is 0 Å². The number of carboxylic acids is 2. The summed E-state index contributed by atoms with van der Waals surface area (Å²) in [4.78, 5) is 68.0. The van der Waals surface area contributed by atoms with Gasteiger partial charge in [-0.05, 0) is 45.2 Å². The minimum absolute atomic E-state index is 0.0164. The van der Waals surface area contributed by atoms with Crippen molar-refractivity contribution in [2.24, 2.45) is 5.73 Å². The highest BCUT2D eigenvalue weighted by Gasteiger charge is 2.32. The standard InChI is InChI=1S/C21H33N7O7/c22-6-2-1-4-14(21(34)35)26-20(33)16(9-17(29)30)28-19(32)15(8-12-10-23-11-25-12)27-18(31)13-5-3-7-24-13/h10-11,13-16,24H,1-9,22H2,(H,23,25)(H,26,33)(H,27,31)(H,28,32)(H,29,30)(H,34,35). The Bertz CT molecular complexity index is 871. The molecule has 4 atom stereocenters. The Morgan fingerprint density at radius 1 is 1.06 bits per heavy atom. The molecule has 35 heavy (non-hydrogen) atoms. The third kappa shape index (κ3) is 9.33. The Hall–Kier alpha value is -3.52. The van der Waals surface area contributed by atoms with Crippen LogP contribution < -0.4 is 27.0 Å². The van der Waals surface area contributed by atoms with Gasteiger partial charge in [-0.2, -0.15) is 0 Å². The number of amides is 3. The maximum atomic E-state index is 13.1. The van der Waals surface area contributed by atoms with E-state index in [9.17, 15) is 34.2 Å². The molecule has 0 radical (unpaired) electrons. The van der Waals surface area contributed by atoms with Gasteiger partial charge in [0.2, 0.25) is 17.7 Å². The molecule has 0 bridgehead atoms. The number of hydrogen-bond acceptors (Lipinski definition) is 8. The van der Waals surface area contributed by atoms with E-state index in [2.05, 4.69) is 31.2 Å². The molecule has 1 saturated heterocycles. The van der Waals surface area contributed by atoms with Crippen LogP contribution in [-0.4, -0.2) is 87.1 Å². The number of nitrogens with zero attached hydrogens (tertiary/aromatic N) is 1. The summed E-state index contributed by atoms with van der Waals surface area (Å²) in [7, 11) is 0. The maximum Gasteiger partial charge on any atom is 0.326 e. The first kappa shape index (κ1) is 27.7. The summed E-state index contributed by atoms with van der Waals surface area (Å²) in [5.74, 6) is -4.80. The van der Waals surface area contributed by atoms with E-state index < -0.39 is 60.2 Å². The van der Waals surface area contributed by atoms with E-state index in [-0.39, 0.29) is 12.8 Å². The summed E-state index contributed by atoms with van der Waals surface area (Å²) in [5.41, 5.74) is 5.95. The van der Waals surface area contributed by atoms with Gasteiger partial charge in [-0.25, -0.2) is 9.78 Å². The number of aromatic nitrogens is 2. The first-order valence-electron chi connectivity index (χ1n) is 11.5. The molecule has 4 unspecified atom stereocenters. The van der Waals surface area contributed by atoms with E-state index in [1.165, 1.54) is 12.5 Å². The SMILES string of the molecule is NCCCCC(NC(=O)C(CC(=O)O)NC(=O)C(Cc1cnc[nH]1)NC(=O)C1CCCN1)C(=O)O. The van der Waals surface area contributed by atoms with Crippen molar-refractivity contribution in [1.82, 2.24) is 31.2 Å². The van der Waals surface area contributed by atoms with E-state index in [1.807, 2.05) is 0 Å². The van der Waals surface area contributed by atoms with E-state index >= 15 is 0 Å². The van der Waals surface area contributed by atoms with E-state index in [4.69, 9.17) is 5.73 Å². The molecule has 1 aromatic heterocycles. The second-order valence-corrected chi connectivity index (χ2v) is 8.33. The number of carboxylic acid groups (broad SMARTS) is 2. The van der Waals surface area contributed by atoms with Crippen LogP contribution in [0.15, 0.2) is 12.5 Å². The lowest BCUT2D eigenvalue weighted by Gasteiger charge is -2.24. The third-order valence-corrected chi connectivity index (χ3v) is 5.56. The van der Waals surface area contributed by atoms with Crippen molar-refractivity contribution < 1.29 is 34.2 Å². The Balaban J connectivity index is 2.12. The van der Waals surface area contributed by atoms with Crippen molar-refractivity contribution in [3.05, 3.63) is 18.2 Å². The number of carbonyl (C=O) groups excluding carboxylic acids is 3. The van der Waals surface area contributed by atoms with Gasteiger partial charge < -0.3 is 42.2 Å². The van der Waals surface area contributed by atoms with Crippen molar-refractivity contribution in [3.8, 4) is 0 Å².